The average molecular weight is 613 g/mol. The molecule has 5 nitrogen and oxygen atoms in total. The number of ether oxygens (including phenoxy) is 1. The summed E-state index contributed by atoms with van der Waals surface area (Å²) in [5, 5.41) is 27.8. The van der Waals surface area contributed by atoms with E-state index < -0.39 is 11.0 Å². The number of phenols is 1. The molecule has 0 unspecified atom stereocenters. The van der Waals surface area contributed by atoms with Crippen molar-refractivity contribution in [3.63, 3.8) is 0 Å². The van der Waals surface area contributed by atoms with Crippen LogP contribution in [-0.4, -0.2) is 52.0 Å². The first kappa shape index (κ1) is 28.6. The fourth-order valence-corrected chi connectivity index (χ4v) is 9.88. The summed E-state index contributed by atoms with van der Waals surface area (Å²) in [6.07, 6.45) is 6.63. The SMILES string of the molecule is Oc1ccc2c3c1O[C@H]1[C@H](NCc4ccccc4CC(c4ccccc4)c4ccccc4)CC[C@@]4(O)[C@@H](C2)N(CC2CC2)CC[C@]314. The van der Waals surface area contributed by atoms with Crippen molar-refractivity contribution in [2.75, 3.05) is 13.1 Å². The number of aromatic hydroxyl groups is 1. The van der Waals surface area contributed by atoms with Crippen molar-refractivity contribution in [3.05, 3.63) is 130 Å². The Morgan fingerprint density at radius 2 is 1.52 bits per heavy atom. The van der Waals surface area contributed by atoms with Crippen LogP contribution < -0.4 is 10.1 Å². The van der Waals surface area contributed by atoms with Crippen molar-refractivity contribution >= 4 is 0 Å². The molecule has 0 aromatic heterocycles. The molecule has 5 aliphatic rings. The van der Waals surface area contributed by atoms with E-state index in [1.165, 1.54) is 40.7 Å². The van der Waals surface area contributed by atoms with Gasteiger partial charge in [-0.2, -0.15) is 0 Å². The van der Waals surface area contributed by atoms with Crippen LogP contribution in [0.4, 0.5) is 0 Å². The largest absolute Gasteiger partial charge is 0.504 e. The molecule has 1 spiro atoms. The molecule has 2 bridgehead atoms. The lowest BCUT2D eigenvalue weighted by molar-refractivity contribution is -0.191. The van der Waals surface area contributed by atoms with E-state index >= 15 is 0 Å². The second-order valence-electron chi connectivity index (χ2n) is 14.7. The first-order valence-corrected chi connectivity index (χ1v) is 17.4. The van der Waals surface area contributed by atoms with E-state index in [0.29, 0.717) is 5.75 Å². The third-order valence-electron chi connectivity index (χ3n) is 12.3. The number of phenolic OH excluding ortho intramolecular Hbond substituents is 1. The summed E-state index contributed by atoms with van der Waals surface area (Å²) in [5.74, 6) is 1.88. The lowest BCUT2D eigenvalue weighted by Crippen LogP contribution is -2.78. The molecule has 0 radical (unpaired) electrons. The molecule has 4 aromatic carbocycles. The molecule has 236 valence electrons. The summed E-state index contributed by atoms with van der Waals surface area (Å²) in [6, 6.07) is 34.6. The van der Waals surface area contributed by atoms with Crippen molar-refractivity contribution in [1.82, 2.24) is 10.2 Å². The molecule has 2 saturated carbocycles. The molecule has 1 saturated heterocycles. The first-order chi connectivity index (χ1) is 22.5. The van der Waals surface area contributed by atoms with E-state index in [1.54, 1.807) is 0 Å². The van der Waals surface area contributed by atoms with Crippen molar-refractivity contribution in [2.24, 2.45) is 5.92 Å². The predicted molar refractivity (Wildman–Crippen MR) is 180 cm³/mol. The van der Waals surface area contributed by atoms with Crippen LogP contribution in [-0.2, 0) is 24.8 Å². The van der Waals surface area contributed by atoms with Gasteiger partial charge in [0, 0.05) is 36.7 Å². The predicted octanol–water partition coefficient (Wildman–Crippen LogP) is 6.49. The third kappa shape index (κ3) is 4.39. The highest BCUT2D eigenvalue weighted by molar-refractivity contribution is 5.62. The van der Waals surface area contributed by atoms with Gasteiger partial charge in [-0.05, 0) is 91.3 Å². The van der Waals surface area contributed by atoms with E-state index in [0.717, 1.165) is 63.2 Å². The molecule has 46 heavy (non-hydrogen) atoms. The summed E-state index contributed by atoms with van der Waals surface area (Å²) >= 11 is 0. The molecule has 3 N–H and O–H groups in total. The Kier molecular flexibility index (Phi) is 6.82. The first-order valence-electron chi connectivity index (χ1n) is 17.4. The Hall–Kier alpha value is -3.64. The van der Waals surface area contributed by atoms with Gasteiger partial charge in [0.2, 0.25) is 0 Å². The fraction of sp³-hybridized carbons (Fsp3) is 0.415. The molecule has 4 aromatic rings. The van der Waals surface area contributed by atoms with E-state index in [2.05, 4.69) is 101 Å². The normalized spacial score (nSPS) is 29.4. The van der Waals surface area contributed by atoms with Crippen molar-refractivity contribution in [2.45, 2.75) is 86.6 Å². The molecule has 5 heteroatoms. The van der Waals surface area contributed by atoms with Gasteiger partial charge in [0.1, 0.15) is 6.10 Å². The maximum absolute atomic E-state index is 12.8. The van der Waals surface area contributed by atoms with Crippen LogP contribution in [0.25, 0.3) is 0 Å². The van der Waals surface area contributed by atoms with Crippen LogP contribution in [0.2, 0.25) is 0 Å². The third-order valence-corrected chi connectivity index (χ3v) is 12.3. The zero-order valence-electron chi connectivity index (χ0n) is 26.4. The monoisotopic (exact) mass is 612 g/mol. The lowest BCUT2D eigenvalue weighted by Gasteiger charge is -2.64. The number of hydrogen-bond donors (Lipinski definition) is 3. The Morgan fingerprint density at radius 1 is 0.826 bits per heavy atom. The van der Waals surface area contributed by atoms with Crippen LogP contribution in [0.5, 0.6) is 11.5 Å². The summed E-state index contributed by atoms with van der Waals surface area (Å²) in [5.41, 5.74) is 6.31. The number of nitrogens with zero attached hydrogens (tertiary/aromatic N) is 1. The van der Waals surface area contributed by atoms with Crippen LogP contribution in [0.15, 0.2) is 97.1 Å². The molecule has 3 fully saturated rings. The molecule has 9 rings (SSSR count). The smallest absolute Gasteiger partial charge is 0.165 e. The topological polar surface area (TPSA) is 65.0 Å². The number of rotatable bonds is 9. The van der Waals surface area contributed by atoms with Crippen LogP contribution >= 0.6 is 0 Å². The molecule has 2 aliphatic heterocycles. The van der Waals surface area contributed by atoms with Gasteiger partial charge in [-0.15, -0.1) is 0 Å². The molecule has 3 aliphatic carbocycles. The van der Waals surface area contributed by atoms with E-state index in [4.69, 9.17) is 4.74 Å². The zero-order chi connectivity index (χ0) is 30.9. The molecule has 5 atom stereocenters. The number of benzene rings is 4. The number of aliphatic hydroxyl groups is 1. The second kappa shape index (κ2) is 11.0. The van der Waals surface area contributed by atoms with Gasteiger partial charge >= 0.3 is 0 Å². The molecular weight excluding hydrogens is 568 g/mol. The molecular formula is C41H44N2O3. The zero-order valence-corrected chi connectivity index (χ0v) is 26.4. The van der Waals surface area contributed by atoms with E-state index in [1.807, 2.05) is 6.07 Å². The summed E-state index contributed by atoms with van der Waals surface area (Å²) in [6.45, 7) is 2.81. The summed E-state index contributed by atoms with van der Waals surface area (Å²) < 4.78 is 6.82. The van der Waals surface area contributed by atoms with Gasteiger partial charge in [-0.1, -0.05) is 91.0 Å². The highest BCUT2D eigenvalue weighted by Crippen LogP contribution is 2.65. The average Bonchev–Trinajstić information content (AvgIpc) is 3.84. The minimum absolute atomic E-state index is 0.0701. The summed E-state index contributed by atoms with van der Waals surface area (Å²) in [7, 11) is 0. The molecule has 2 heterocycles. The number of hydrogen-bond acceptors (Lipinski definition) is 5. The van der Waals surface area contributed by atoms with E-state index in [-0.39, 0.29) is 29.9 Å². The van der Waals surface area contributed by atoms with E-state index in [9.17, 15) is 10.2 Å². The van der Waals surface area contributed by atoms with Gasteiger partial charge < -0.3 is 20.3 Å². The van der Waals surface area contributed by atoms with Gasteiger partial charge in [0.15, 0.2) is 11.5 Å². The highest BCUT2D eigenvalue weighted by Gasteiger charge is 2.72. The maximum Gasteiger partial charge on any atom is 0.165 e. The molecule has 0 amide bonds. The fourth-order valence-electron chi connectivity index (χ4n) is 9.88. The minimum Gasteiger partial charge on any atom is -0.504 e. The van der Waals surface area contributed by atoms with Crippen LogP contribution in [0, 0.1) is 5.92 Å². The Morgan fingerprint density at radius 3 is 2.24 bits per heavy atom. The Bertz CT molecular complexity index is 1700. The van der Waals surface area contributed by atoms with Crippen molar-refractivity contribution in [3.8, 4) is 11.5 Å². The minimum atomic E-state index is -0.856. The Balaban J connectivity index is 1.01. The van der Waals surface area contributed by atoms with Crippen LogP contribution in [0.1, 0.15) is 71.4 Å². The van der Waals surface area contributed by atoms with Crippen molar-refractivity contribution < 1.29 is 14.9 Å². The Labute approximate surface area is 272 Å². The maximum atomic E-state index is 12.8. The highest BCUT2D eigenvalue weighted by atomic mass is 16.5. The number of nitrogens with one attached hydrogen (secondary N) is 1. The van der Waals surface area contributed by atoms with Gasteiger partial charge in [0.25, 0.3) is 0 Å². The quantitative estimate of drug-likeness (QED) is 0.202. The standard InChI is InChI=1S/C41H44N2O3/c44-35-18-17-31-24-36-41(45)20-19-34(39-40(41,37(31)38(35)46-39)21-22-43(36)26-27-15-16-27)42-25-32-14-8-7-13-30(32)23-33(28-9-3-1-4-10-28)29-11-5-2-6-12-29/h1-14,17-18,27,33-34,36,39,42,44-45H,15-16,19-26H2/t34-,36-,39+,40+,41-/m1/s1. The van der Waals surface area contributed by atoms with Gasteiger partial charge in [-0.25, -0.2) is 0 Å². The lowest BCUT2D eigenvalue weighted by atomic mass is 9.48. The second-order valence-corrected chi connectivity index (χ2v) is 14.7. The van der Waals surface area contributed by atoms with Crippen LogP contribution in [0.3, 0.4) is 0 Å². The van der Waals surface area contributed by atoms with Gasteiger partial charge in [-0.3, -0.25) is 4.90 Å². The number of likely N-dealkylation sites (tertiary alicyclic amines) is 1. The van der Waals surface area contributed by atoms with Gasteiger partial charge in [0.05, 0.1) is 11.0 Å². The number of piperidine rings is 1. The summed E-state index contributed by atoms with van der Waals surface area (Å²) in [4.78, 5) is 2.60. The van der Waals surface area contributed by atoms with Crippen molar-refractivity contribution in [1.29, 1.82) is 0 Å².